The number of rotatable bonds is 5. The molecule has 0 N–H and O–H groups in total. The summed E-state index contributed by atoms with van der Waals surface area (Å²) in [6.45, 7) is 8.31. The third kappa shape index (κ3) is 3.61. The first-order chi connectivity index (χ1) is 10.4. The Morgan fingerprint density at radius 3 is 2.41 bits per heavy atom. The van der Waals surface area contributed by atoms with Crippen LogP contribution < -0.4 is 0 Å². The molecule has 0 fully saturated rings. The molecule has 2 rings (SSSR count). The first-order valence-corrected chi connectivity index (χ1v) is 9.57. The molecule has 1 aromatic rings. The van der Waals surface area contributed by atoms with Crippen molar-refractivity contribution in [2.24, 2.45) is 5.92 Å². The number of benzene rings is 1. The van der Waals surface area contributed by atoms with Gasteiger partial charge in [0.2, 0.25) is 10.0 Å². The second-order valence-electron chi connectivity index (χ2n) is 6.57. The van der Waals surface area contributed by atoms with E-state index < -0.39 is 10.0 Å². The minimum Gasteiger partial charge on any atom is -0.207 e. The monoisotopic (exact) mass is 321 g/mol. The molecule has 1 aromatic carbocycles. The van der Waals surface area contributed by atoms with Crippen LogP contribution in [-0.4, -0.2) is 24.8 Å². The molecule has 1 aliphatic heterocycles. The van der Waals surface area contributed by atoms with E-state index in [0.29, 0.717) is 10.8 Å². The second-order valence-corrected chi connectivity index (χ2v) is 8.41. The molecule has 2 atom stereocenters. The van der Waals surface area contributed by atoms with E-state index in [0.717, 1.165) is 24.8 Å². The number of hydrogen-bond acceptors (Lipinski definition) is 2. The average Bonchev–Trinajstić information content (AvgIpc) is 2.46. The molecule has 0 saturated carbocycles. The van der Waals surface area contributed by atoms with E-state index in [1.165, 1.54) is 0 Å². The molecule has 3 nitrogen and oxygen atoms in total. The van der Waals surface area contributed by atoms with Crippen molar-refractivity contribution >= 4 is 10.0 Å². The molecule has 0 amide bonds. The van der Waals surface area contributed by atoms with Crippen molar-refractivity contribution in [2.75, 3.05) is 0 Å². The number of aryl methyl sites for hydroxylation is 1. The highest BCUT2D eigenvalue weighted by atomic mass is 32.2. The van der Waals surface area contributed by atoms with Gasteiger partial charge in [-0.1, -0.05) is 50.6 Å². The van der Waals surface area contributed by atoms with Crippen LogP contribution >= 0.6 is 0 Å². The van der Waals surface area contributed by atoms with Crippen molar-refractivity contribution in [1.29, 1.82) is 0 Å². The van der Waals surface area contributed by atoms with Gasteiger partial charge in [0.1, 0.15) is 0 Å². The smallest absolute Gasteiger partial charge is 0.207 e. The van der Waals surface area contributed by atoms with Crippen LogP contribution in [0.3, 0.4) is 0 Å². The molecule has 0 saturated heterocycles. The van der Waals surface area contributed by atoms with E-state index in [2.05, 4.69) is 19.9 Å². The van der Waals surface area contributed by atoms with Gasteiger partial charge in [-0.15, -0.1) is 0 Å². The second kappa shape index (κ2) is 6.97. The van der Waals surface area contributed by atoms with Crippen LogP contribution in [0.25, 0.3) is 0 Å². The Kier molecular flexibility index (Phi) is 5.45. The lowest BCUT2D eigenvalue weighted by atomic mass is 9.96. The van der Waals surface area contributed by atoms with Gasteiger partial charge in [0.05, 0.1) is 4.90 Å². The topological polar surface area (TPSA) is 37.4 Å². The van der Waals surface area contributed by atoms with Gasteiger partial charge < -0.3 is 0 Å². The molecule has 0 radical (unpaired) electrons. The molecule has 122 valence electrons. The molecule has 1 aliphatic rings. The van der Waals surface area contributed by atoms with Crippen molar-refractivity contribution in [2.45, 2.75) is 63.9 Å². The SMILES string of the molecule is CC[C@@H]1C=CC[C@@H](CC(C)C)N1S(=O)(=O)c1ccc(C)cc1. The van der Waals surface area contributed by atoms with Crippen LogP contribution in [0.2, 0.25) is 0 Å². The predicted molar refractivity (Wildman–Crippen MR) is 91.3 cm³/mol. The lowest BCUT2D eigenvalue weighted by Gasteiger charge is -2.38. The Bertz CT molecular complexity index is 617. The van der Waals surface area contributed by atoms with Gasteiger partial charge in [0.15, 0.2) is 0 Å². The van der Waals surface area contributed by atoms with E-state index >= 15 is 0 Å². The highest BCUT2D eigenvalue weighted by molar-refractivity contribution is 7.89. The van der Waals surface area contributed by atoms with Gasteiger partial charge in [0.25, 0.3) is 0 Å². The molecular weight excluding hydrogens is 294 g/mol. The van der Waals surface area contributed by atoms with E-state index in [4.69, 9.17) is 0 Å². The van der Waals surface area contributed by atoms with Gasteiger partial charge in [0, 0.05) is 12.1 Å². The zero-order valence-corrected chi connectivity index (χ0v) is 14.8. The highest BCUT2D eigenvalue weighted by Gasteiger charge is 2.37. The predicted octanol–water partition coefficient (Wildman–Crippen LogP) is 4.14. The minimum absolute atomic E-state index is 0.0381. The first-order valence-electron chi connectivity index (χ1n) is 8.13. The van der Waals surface area contributed by atoms with E-state index in [1.54, 1.807) is 16.4 Å². The molecule has 22 heavy (non-hydrogen) atoms. The molecule has 0 aromatic heterocycles. The fraction of sp³-hybridized carbons (Fsp3) is 0.556. The molecule has 0 bridgehead atoms. The Morgan fingerprint density at radius 2 is 1.86 bits per heavy atom. The number of sulfonamides is 1. The van der Waals surface area contributed by atoms with Crippen LogP contribution in [0.4, 0.5) is 0 Å². The van der Waals surface area contributed by atoms with Gasteiger partial charge in [-0.2, -0.15) is 4.31 Å². The van der Waals surface area contributed by atoms with Crippen LogP contribution in [0.5, 0.6) is 0 Å². The Labute approximate surface area is 135 Å². The van der Waals surface area contributed by atoms with E-state index in [1.807, 2.05) is 32.1 Å². The fourth-order valence-electron chi connectivity index (χ4n) is 3.12. The van der Waals surface area contributed by atoms with Gasteiger partial charge in [-0.25, -0.2) is 8.42 Å². The van der Waals surface area contributed by atoms with Crippen molar-refractivity contribution in [3.63, 3.8) is 0 Å². The number of hydrogen-bond donors (Lipinski definition) is 0. The van der Waals surface area contributed by atoms with Gasteiger partial charge >= 0.3 is 0 Å². The van der Waals surface area contributed by atoms with Gasteiger partial charge in [-0.3, -0.25) is 0 Å². The maximum atomic E-state index is 13.2. The Hall–Kier alpha value is -1.13. The third-order valence-electron chi connectivity index (χ3n) is 4.21. The van der Waals surface area contributed by atoms with E-state index in [9.17, 15) is 8.42 Å². The standard InChI is InChI=1S/C18H27NO2S/c1-5-16-7-6-8-17(13-14(2)3)19(16)22(20,21)18-11-9-15(4)10-12-18/h6-7,9-12,14,16-17H,5,8,13H2,1-4H3/t16-,17+/m1/s1. The quantitative estimate of drug-likeness (QED) is 0.764. The fourth-order valence-corrected chi connectivity index (χ4v) is 4.98. The Morgan fingerprint density at radius 1 is 1.23 bits per heavy atom. The lowest BCUT2D eigenvalue weighted by molar-refractivity contribution is 0.233. The maximum Gasteiger partial charge on any atom is 0.243 e. The van der Waals surface area contributed by atoms with Crippen molar-refractivity contribution in [3.05, 3.63) is 42.0 Å². The molecule has 0 aliphatic carbocycles. The van der Waals surface area contributed by atoms with Crippen molar-refractivity contribution in [1.82, 2.24) is 4.31 Å². The Balaban J connectivity index is 2.42. The van der Waals surface area contributed by atoms with Crippen molar-refractivity contribution < 1.29 is 8.42 Å². The summed E-state index contributed by atoms with van der Waals surface area (Å²) in [5.74, 6) is 0.477. The summed E-state index contributed by atoms with van der Waals surface area (Å²) in [6.07, 6.45) is 6.69. The van der Waals surface area contributed by atoms with Crippen molar-refractivity contribution in [3.8, 4) is 0 Å². The molecule has 0 spiro atoms. The van der Waals surface area contributed by atoms with Gasteiger partial charge in [-0.05, 0) is 44.2 Å². The molecule has 0 unspecified atom stereocenters. The minimum atomic E-state index is -3.45. The van der Waals surface area contributed by atoms with Crippen LogP contribution in [0, 0.1) is 12.8 Å². The summed E-state index contributed by atoms with van der Waals surface area (Å²) in [4.78, 5) is 0.403. The highest BCUT2D eigenvalue weighted by Crippen LogP contribution is 2.31. The molecule has 4 heteroatoms. The lowest BCUT2D eigenvalue weighted by Crippen LogP contribution is -2.48. The zero-order chi connectivity index (χ0) is 16.3. The summed E-state index contributed by atoms with van der Waals surface area (Å²) in [5.41, 5.74) is 1.07. The average molecular weight is 321 g/mol. The molecule has 1 heterocycles. The van der Waals surface area contributed by atoms with Crippen LogP contribution in [-0.2, 0) is 10.0 Å². The largest absolute Gasteiger partial charge is 0.243 e. The summed E-state index contributed by atoms with van der Waals surface area (Å²) in [7, 11) is -3.45. The van der Waals surface area contributed by atoms with E-state index in [-0.39, 0.29) is 12.1 Å². The maximum absolute atomic E-state index is 13.2. The third-order valence-corrected chi connectivity index (χ3v) is 6.20. The summed E-state index contributed by atoms with van der Waals surface area (Å²) < 4.78 is 28.1. The normalized spacial score (nSPS) is 23.1. The van der Waals surface area contributed by atoms with Crippen LogP contribution in [0.15, 0.2) is 41.3 Å². The summed E-state index contributed by atoms with van der Waals surface area (Å²) in [6, 6.07) is 7.20. The molecular formula is C18H27NO2S. The first kappa shape index (κ1) is 17.2. The zero-order valence-electron chi connectivity index (χ0n) is 14.0. The summed E-state index contributed by atoms with van der Waals surface area (Å²) >= 11 is 0. The van der Waals surface area contributed by atoms with Crippen LogP contribution in [0.1, 0.15) is 45.6 Å². The summed E-state index contributed by atoms with van der Waals surface area (Å²) in [5, 5.41) is 0. The number of nitrogens with zero attached hydrogens (tertiary/aromatic N) is 1.